The van der Waals surface area contributed by atoms with Crippen LogP contribution in [0.25, 0.3) is 0 Å². The third kappa shape index (κ3) is 4.16. The van der Waals surface area contributed by atoms with Crippen LogP contribution in [0.3, 0.4) is 0 Å². The van der Waals surface area contributed by atoms with Crippen molar-refractivity contribution < 1.29 is 0 Å². The number of nitrogens with zero attached hydrogens (tertiary/aromatic N) is 2. The summed E-state index contributed by atoms with van der Waals surface area (Å²) in [7, 11) is 0. The fourth-order valence-corrected chi connectivity index (χ4v) is 4.21. The first-order chi connectivity index (χ1) is 9.63. The molecule has 0 bridgehead atoms. The molecule has 1 unspecified atom stereocenters. The lowest BCUT2D eigenvalue weighted by Crippen LogP contribution is -2.23. The zero-order valence-electron chi connectivity index (χ0n) is 11.7. The predicted octanol–water partition coefficient (Wildman–Crippen LogP) is 4.77. The Kier molecular flexibility index (Phi) is 6.26. The van der Waals surface area contributed by atoms with E-state index >= 15 is 0 Å². The molecule has 3 nitrogen and oxygen atoms in total. The van der Waals surface area contributed by atoms with E-state index in [4.69, 9.17) is 0 Å². The van der Waals surface area contributed by atoms with Gasteiger partial charge in [-0.1, -0.05) is 6.92 Å². The van der Waals surface area contributed by atoms with Gasteiger partial charge in [0.05, 0.1) is 9.98 Å². The van der Waals surface area contributed by atoms with Gasteiger partial charge in [-0.3, -0.25) is 4.68 Å². The molecule has 2 heterocycles. The van der Waals surface area contributed by atoms with Crippen LogP contribution < -0.4 is 5.32 Å². The van der Waals surface area contributed by atoms with Crippen molar-refractivity contribution in [3.63, 3.8) is 0 Å². The predicted molar refractivity (Wildman–Crippen MR) is 92.4 cm³/mol. The van der Waals surface area contributed by atoms with E-state index in [2.05, 4.69) is 68.4 Å². The summed E-state index contributed by atoms with van der Waals surface area (Å²) in [4.78, 5) is 1.35. The average Bonchev–Trinajstić information content (AvgIpc) is 3.02. The van der Waals surface area contributed by atoms with Crippen LogP contribution in [-0.2, 0) is 13.0 Å². The lowest BCUT2D eigenvalue weighted by Gasteiger charge is -2.16. The van der Waals surface area contributed by atoms with Crippen LogP contribution in [-0.4, -0.2) is 16.3 Å². The molecule has 110 valence electrons. The minimum absolute atomic E-state index is 0.344. The Bertz CT molecular complexity index is 531. The number of rotatable bonds is 7. The molecule has 0 aromatic carbocycles. The summed E-state index contributed by atoms with van der Waals surface area (Å²) >= 11 is 8.94. The van der Waals surface area contributed by atoms with Crippen LogP contribution in [0.5, 0.6) is 0 Å². The molecule has 0 spiro atoms. The van der Waals surface area contributed by atoms with E-state index in [1.807, 2.05) is 10.9 Å². The second kappa shape index (κ2) is 7.73. The van der Waals surface area contributed by atoms with E-state index in [0.717, 1.165) is 34.2 Å². The van der Waals surface area contributed by atoms with Gasteiger partial charge in [0.2, 0.25) is 0 Å². The molecule has 0 saturated heterocycles. The summed E-state index contributed by atoms with van der Waals surface area (Å²) < 4.78 is 4.26. The summed E-state index contributed by atoms with van der Waals surface area (Å²) in [6.07, 6.45) is 6.22. The minimum atomic E-state index is 0.344. The molecule has 0 radical (unpaired) electrons. The highest BCUT2D eigenvalue weighted by atomic mass is 79.9. The Morgan fingerprint density at radius 2 is 2.20 bits per heavy atom. The highest BCUT2D eigenvalue weighted by Crippen LogP contribution is 2.36. The van der Waals surface area contributed by atoms with Crippen molar-refractivity contribution in [2.24, 2.45) is 0 Å². The molecule has 0 aliphatic carbocycles. The van der Waals surface area contributed by atoms with E-state index in [0.29, 0.717) is 6.04 Å². The molecular formula is C14H19Br2N3S. The van der Waals surface area contributed by atoms with Gasteiger partial charge >= 0.3 is 0 Å². The van der Waals surface area contributed by atoms with Gasteiger partial charge in [-0.2, -0.15) is 5.10 Å². The number of thiophene rings is 1. The van der Waals surface area contributed by atoms with Crippen molar-refractivity contribution in [1.82, 2.24) is 15.1 Å². The van der Waals surface area contributed by atoms with E-state index < -0.39 is 0 Å². The highest BCUT2D eigenvalue weighted by molar-refractivity contribution is 9.13. The first kappa shape index (κ1) is 16.2. The van der Waals surface area contributed by atoms with Gasteiger partial charge < -0.3 is 5.32 Å². The summed E-state index contributed by atoms with van der Waals surface area (Å²) in [6, 6.07) is 2.55. The standard InChI is InChI=1S/C14H19Br2N3S/c1-3-5-17-12(13-7-11(15)14(16)20-13)6-10-8-18-19(4-2)9-10/h7-9,12,17H,3-6H2,1-2H3. The minimum Gasteiger partial charge on any atom is -0.309 e. The molecule has 0 saturated carbocycles. The Labute approximate surface area is 141 Å². The molecular weight excluding hydrogens is 402 g/mol. The Morgan fingerprint density at radius 3 is 2.75 bits per heavy atom. The van der Waals surface area contributed by atoms with Gasteiger partial charge in [0.25, 0.3) is 0 Å². The van der Waals surface area contributed by atoms with Gasteiger partial charge in [-0.05, 0) is 69.8 Å². The maximum atomic E-state index is 4.36. The molecule has 2 aromatic heterocycles. The zero-order chi connectivity index (χ0) is 14.5. The smallest absolute Gasteiger partial charge is 0.0843 e. The molecule has 20 heavy (non-hydrogen) atoms. The van der Waals surface area contributed by atoms with Crippen LogP contribution in [0.1, 0.15) is 36.8 Å². The SMILES string of the molecule is CCCNC(Cc1cnn(CC)c1)c1cc(Br)c(Br)s1. The third-order valence-electron chi connectivity index (χ3n) is 3.10. The fraction of sp³-hybridized carbons (Fsp3) is 0.500. The fourth-order valence-electron chi connectivity index (χ4n) is 2.05. The van der Waals surface area contributed by atoms with Crippen LogP contribution in [0, 0.1) is 0 Å². The number of aromatic nitrogens is 2. The quantitative estimate of drug-likeness (QED) is 0.698. The molecule has 0 fully saturated rings. The lowest BCUT2D eigenvalue weighted by molar-refractivity contribution is 0.536. The second-order valence-electron chi connectivity index (χ2n) is 4.69. The number of aryl methyl sites for hydroxylation is 1. The topological polar surface area (TPSA) is 29.9 Å². The summed E-state index contributed by atoms with van der Waals surface area (Å²) in [5, 5.41) is 7.99. The average molecular weight is 421 g/mol. The molecule has 1 atom stereocenters. The summed E-state index contributed by atoms with van der Waals surface area (Å²) in [5.41, 5.74) is 1.28. The van der Waals surface area contributed by atoms with E-state index in [1.54, 1.807) is 11.3 Å². The highest BCUT2D eigenvalue weighted by Gasteiger charge is 2.16. The number of hydrogen-bond acceptors (Lipinski definition) is 3. The van der Waals surface area contributed by atoms with Gasteiger partial charge in [-0.15, -0.1) is 11.3 Å². The Hall–Kier alpha value is -0.170. The molecule has 0 amide bonds. The maximum Gasteiger partial charge on any atom is 0.0843 e. The molecule has 0 aliphatic rings. The largest absolute Gasteiger partial charge is 0.309 e. The second-order valence-corrected chi connectivity index (χ2v) is 7.94. The van der Waals surface area contributed by atoms with Crippen molar-refractivity contribution >= 4 is 43.2 Å². The Balaban J connectivity index is 2.14. The van der Waals surface area contributed by atoms with Crippen LogP contribution in [0.2, 0.25) is 0 Å². The zero-order valence-corrected chi connectivity index (χ0v) is 15.7. The summed E-state index contributed by atoms with van der Waals surface area (Å²) in [5.74, 6) is 0. The normalized spacial score (nSPS) is 12.8. The van der Waals surface area contributed by atoms with Crippen LogP contribution >= 0.6 is 43.2 Å². The molecule has 1 N–H and O–H groups in total. The van der Waals surface area contributed by atoms with Crippen LogP contribution in [0.4, 0.5) is 0 Å². The van der Waals surface area contributed by atoms with Crippen molar-refractivity contribution in [2.45, 2.75) is 39.3 Å². The van der Waals surface area contributed by atoms with Gasteiger partial charge in [0.15, 0.2) is 0 Å². The maximum absolute atomic E-state index is 4.36. The van der Waals surface area contributed by atoms with Crippen molar-refractivity contribution in [2.75, 3.05) is 6.54 Å². The van der Waals surface area contributed by atoms with E-state index in [9.17, 15) is 0 Å². The van der Waals surface area contributed by atoms with E-state index in [1.165, 1.54) is 10.4 Å². The lowest BCUT2D eigenvalue weighted by atomic mass is 10.1. The van der Waals surface area contributed by atoms with Crippen LogP contribution in [0.15, 0.2) is 26.7 Å². The molecule has 0 aliphatic heterocycles. The monoisotopic (exact) mass is 419 g/mol. The van der Waals surface area contributed by atoms with Gasteiger partial charge in [0.1, 0.15) is 0 Å². The molecule has 6 heteroatoms. The van der Waals surface area contributed by atoms with Crippen molar-refractivity contribution in [3.8, 4) is 0 Å². The van der Waals surface area contributed by atoms with Gasteiger partial charge in [0, 0.05) is 28.1 Å². The number of nitrogens with one attached hydrogen (secondary N) is 1. The Morgan fingerprint density at radius 1 is 1.40 bits per heavy atom. The van der Waals surface area contributed by atoms with E-state index in [-0.39, 0.29) is 0 Å². The first-order valence-corrected chi connectivity index (χ1v) is 9.23. The van der Waals surface area contributed by atoms with Crippen molar-refractivity contribution in [3.05, 3.63) is 37.2 Å². The summed E-state index contributed by atoms with van der Waals surface area (Å²) in [6.45, 7) is 6.25. The number of hydrogen-bond donors (Lipinski definition) is 1. The first-order valence-electron chi connectivity index (χ1n) is 6.83. The molecule has 2 rings (SSSR count). The van der Waals surface area contributed by atoms with Gasteiger partial charge in [-0.25, -0.2) is 0 Å². The number of halogens is 2. The molecule has 2 aromatic rings. The third-order valence-corrected chi connectivity index (χ3v) is 6.47. The van der Waals surface area contributed by atoms with Crippen molar-refractivity contribution in [1.29, 1.82) is 0 Å².